The standard InChI is InChI=1S/C92H117N11O39/c1-48-36-65-84(116)103(91(121)130-47-56-22-24-66(60(38-56)79(111)94-26-30-122-14)138-87-77(136-53(6)108)73(134-51(4)106)71(132-49(2)104)75(140-87)85(117)124-16)62-42-69(68(123-15)41-59(62)83(115)102(65)43-48)128-29-18-20-70(110)96-57-39-64(101(13)44-57)82(114)97-58-40-63(100(12)45-58)81(113)93-25-19-28-99(11)90(120)129-46-55-21-23-67(61(37-55)80(112)95-27-31-126-32-33-127-34-35-131-98-89(119)142-92(8,9)10)139-88-78(137-54(7)109)74(135-52(5)107)72(133-50(3)105)76(141-88)86(118)125-17/h21-24,37-42,44-45,65,71-78,84,87-88,116H,1,18-20,25-36,43,46-47H2,2-17H3,(H,93,113)(H,94,111)(H,95,112)(H,96,110)(H,97,114)(H,98,119)/t65-,71-,72-,73-,74-,75-,76-,77+,78+,84?,87+,88+/m0/s1. The van der Waals surface area contributed by atoms with Crippen molar-refractivity contribution in [1.82, 2.24) is 40.4 Å². The summed E-state index contributed by atoms with van der Waals surface area (Å²) in [6, 6.07) is 12.3. The Morgan fingerprint density at radius 2 is 1.02 bits per heavy atom. The molecule has 2 aromatic heterocycles. The Labute approximate surface area is 813 Å². The molecule has 0 spiro atoms. The summed E-state index contributed by atoms with van der Waals surface area (Å²) in [5.41, 5.74) is 2.27. The van der Waals surface area contributed by atoms with E-state index in [0.717, 1.165) is 60.7 Å². The molecule has 774 valence electrons. The smallest absolute Gasteiger partial charge is 0.431 e. The van der Waals surface area contributed by atoms with Crippen LogP contribution in [0.15, 0.2) is 85.2 Å². The minimum Gasteiger partial charge on any atom is -0.493 e. The number of nitrogens with zero attached hydrogens (tertiary/aromatic N) is 5. The lowest BCUT2D eigenvalue weighted by molar-refractivity contribution is -0.282. The van der Waals surface area contributed by atoms with Gasteiger partial charge in [-0.25, -0.2) is 28.9 Å². The summed E-state index contributed by atoms with van der Waals surface area (Å²) in [7, 11) is 9.28. The Morgan fingerprint density at radius 1 is 0.535 bits per heavy atom. The maximum Gasteiger partial charge on any atom is 0.431 e. The molecule has 0 bridgehead atoms. The number of aromatic nitrogens is 2. The van der Waals surface area contributed by atoms with Crippen molar-refractivity contribution in [1.29, 1.82) is 0 Å². The highest BCUT2D eigenvalue weighted by Crippen LogP contribution is 2.43. The highest BCUT2D eigenvalue weighted by atomic mass is 16.8. The molecule has 1 unspecified atom stereocenters. The minimum atomic E-state index is -1.89. The van der Waals surface area contributed by atoms with E-state index in [-0.39, 0.29) is 184 Å². The summed E-state index contributed by atoms with van der Waals surface area (Å²) in [5.74, 6) is -12.4. The quantitative estimate of drug-likeness (QED) is 0.00958. The molecule has 0 radical (unpaired) electrons. The topological polar surface area (TPSA) is 596 Å². The van der Waals surface area contributed by atoms with Gasteiger partial charge in [0.05, 0.1) is 107 Å². The molecule has 3 aromatic carbocycles. The average molecular weight is 2000 g/mol. The van der Waals surface area contributed by atoms with Crippen LogP contribution in [-0.2, 0) is 151 Å². The van der Waals surface area contributed by atoms with Gasteiger partial charge in [0.15, 0.2) is 54.4 Å². The predicted octanol–water partition coefficient (Wildman–Crippen LogP) is 3.80. The molecule has 9 rings (SSSR count). The van der Waals surface area contributed by atoms with Crippen LogP contribution in [0.3, 0.4) is 0 Å². The zero-order valence-electron chi connectivity index (χ0n) is 81.0. The molecule has 50 nitrogen and oxygen atoms in total. The van der Waals surface area contributed by atoms with Crippen LogP contribution in [-0.4, -0.2) is 319 Å². The summed E-state index contributed by atoms with van der Waals surface area (Å²) >= 11 is 0. The largest absolute Gasteiger partial charge is 0.493 e. The number of methoxy groups -OCH3 is 4. The Morgan fingerprint density at radius 3 is 1.54 bits per heavy atom. The fraction of sp³-hybridized carbons (Fsp3) is 0.511. The second kappa shape index (κ2) is 52.0. The molecule has 6 heterocycles. The number of hydrogen-bond acceptors (Lipinski definition) is 39. The SMILES string of the molecule is C=C1C[C@H]2C(O)N(C(=O)OCc3ccc(O[C@@H]4O[C@H](C(=O)OC)[C@@H](OC(C)=O)[C@H](OC(C)=O)[C@H]4OC(C)=O)c(C(=O)NCCOC)c3)c3cc(OCCCC(=O)Nc4cc(C(=O)Nc5cc(C(=O)NCCCN(C)C(=O)OCc6ccc(O[C@@H]7O[C@H](C(=O)OC)[C@@H](OC(C)=O)[C@H](OC(C)=O)[C@H]7OC(C)=O)c(C(=O)NCCOCCOCCONC(=O)OC(C)(C)C)c6)n(C)c5)n(C)c4)c(OC)cc3C(=O)N2C1. The molecule has 142 heavy (non-hydrogen) atoms. The number of fused-ring (bicyclic) bond motifs is 2. The summed E-state index contributed by atoms with van der Waals surface area (Å²) in [6.45, 7) is 14.2. The summed E-state index contributed by atoms with van der Waals surface area (Å²) in [4.78, 5) is 234. The summed E-state index contributed by atoms with van der Waals surface area (Å²) in [6.07, 6.45) is -19.3. The number of hydroxylamine groups is 1. The Hall–Kier alpha value is -14.7. The molecule has 0 aliphatic carbocycles. The third-order valence-electron chi connectivity index (χ3n) is 21.1. The number of anilines is 3. The average Bonchev–Trinajstić information content (AvgIpc) is 1.58. The molecule has 3 saturated heterocycles. The predicted molar refractivity (Wildman–Crippen MR) is 484 cm³/mol. The molecule has 12 atom stereocenters. The summed E-state index contributed by atoms with van der Waals surface area (Å²) < 4.78 is 114. The molecule has 50 heteroatoms. The van der Waals surface area contributed by atoms with E-state index in [1.165, 1.54) is 113 Å². The second-order valence-electron chi connectivity index (χ2n) is 33.2. The zero-order chi connectivity index (χ0) is 104. The number of ether oxygens (including phenoxy) is 20. The van der Waals surface area contributed by atoms with Crippen molar-refractivity contribution < 1.29 is 186 Å². The number of aliphatic hydroxyl groups excluding tert-OH is 1. The number of hydrogen-bond donors (Lipinski definition) is 7. The third-order valence-corrected chi connectivity index (χ3v) is 21.1. The number of amides is 9. The monoisotopic (exact) mass is 2000 g/mol. The van der Waals surface area contributed by atoms with Crippen LogP contribution in [0.4, 0.5) is 31.4 Å². The van der Waals surface area contributed by atoms with E-state index in [1.807, 2.05) is 0 Å². The number of aryl methyl sites for hydroxylation is 2. The number of rotatable bonds is 45. The summed E-state index contributed by atoms with van der Waals surface area (Å²) in [5, 5.41) is 25.8. The van der Waals surface area contributed by atoms with Gasteiger partial charge in [0.1, 0.15) is 41.7 Å². The maximum atomic E-state index is 14.7. The van der Waals surface area contributed by atoms with Crippen molar-refractivity contribution in [3.8, 4) is 23.0 Å². The lowest BCUT2D eigenvalue weighted by atomic mass is 9.97. The first-order chi connectivity index (χ1) is 67.4. The van der Waals surface area contributed by atoms with E-state index in [1.54, 1.807) is 34.9 Å². The Kier molecular flexibility index (Phi) is 40.6. The number of esters is 8. The lowest BCUT2D eigenvalue weighted by Crippen LogP contribution is -2.64. The van der Waals surface area contributed by atoms with E-state index in [4.69, 9.17) is 99.6 Å². The fourth-order valence-electron chi connectivity index (χ4n) is 14.9. The zero-order valence-corrected chi connectivity index (χ0v) is 81.0. The van der Waals surface area contributed by atoms with Gasteiger partial charge in [-0.2, -0.15) is 5.48 Å². The number of carbonyl (C=O) groups excluding carboxylic acids is 17. The first-order valence-electron chi connectivity index (χ1n) is 44.4. The van der Waals surface area contributed by atoms with Crippen LogP contribution < -0.4 is 55.9 Å². The minimum absolute atomic E-state index is 0.00964. The first-order valence-corrected chi connectivity index (χ1v) is 44.4. The lowest BCUT2D eigenvalue weighted by Gasteiger charge is -2.43. The van der Waals surface area contributed by atoms with Crippen LogP contribution in [0.25, 0.3) is 0 Å². The van der Waals surface area contributed by atoms with Crippen molar-refractivity contribution in [2.24, 2.45) is 14.1 Å². The van der Waals surface area contributed by atoms with E-state index in [9.17, 15) is 86.6 Å². The molecule has 5 aromatic rings. The number of benzene rings is 3. The number of carbonyl (C=O) groups is 17. The van der Waals surface area contributed by atoms with Crippen molar-refractivity contribution in [3.05, 3.63) is 124 Å². The van der Waals surface area contributed by atoms with Crippen molar-refractivity contribution >= 4 is 119 Å². The molecule has 3 fully saturated rings. The van der Waals surface area contributed by atoms with Gasteiger partial charge < -0.3 is 145 Å². The fourth-order valence-corrected chi connectivity index (χ4v) is 14.9. The highest BCUT2D eigenvalue weighted by Gasteiger charge is 2.58. The van der Waals surface area contributed by atoms with Gasteiger partial charge in [0.25, 0.3) is 29.5 Å². The van der Waals surface area contributed by atoms with E-state index >= 15 is 0 Å². The first kappa shape index (κ1) is 111. The van der Waals surface area contributed by atoms with E-state index in [0.29, 0.717) is 5.57 Å². The van der Waals surface area contributed by atoms with E-state index < -0.39 is 194 Å². The van der Waals surface area contributed by atoms with Crippen LogP contribution in [0.1, 0.15) is 151 Å². The molecule has 4 aliphatic heterocycles. The second-order valence-corrected chi connectivity index (χ2v) is 33.2. The highest BCUT2D eigenvalue weighted by molar-refractivity contribution is 6.07. The number of aliphatic hydroxyl groups is 1. The van der Waals surface area contributed by atoms with E-state index in [2.05, 4.69) is 38.6 Å². The molecule has 0 saturated carbocycles. The van der Waals surface area contributed by atoms with Gasteiger partial charge in [-0.3, -0.25) is 62.4 Å². The van der Waals surface area contributed by atoms with Crippen molar-refractivity contribution in [2.75, 3.05) is 130 Å². The van der Waals surface area contributed by atoms with Gasteiger partial charge in [0.2, 0.25) is 30.7 Å². The van der Waals surface area contributed by atoms with Crippen LogP contribution in [0.5, 0.6) is 23.0 Å². The van der Waals surface area contributed by atoms with Gasteiger partial charge in [-0.15, -0.1) is 0 Å². The normalized spacial score (nSPS) is 19.5. The third kappa shape index (κ3) is 31.1. The molecular weight excluding hydrogens is 1880 g/mol. The molecule has 4 aliphatic rings. The van der Waals surface area contributed by atoms with Crippen LogP contribution in [0.2, 0.25) is 0 Å². The number of nitrogens with one attached hydrogen (secondary N) is 6. The molecular formula is C92H117N11O39. The molecule has 7 N–H and O–H groups in total. The van der Waals surface area contributed by atoms with Gasteiger partial charge in [-0.05, 0) is 93.6 Å². The van der Waals surface area contributed by atoms with Gasteiger partial charge >= 0.3 is 66.0 Å². The molecule has 9 amide bonds. The van der Waals surface area contributed by atoms with Crippen LogP contribution >= 0.6 is 0 Å². The Bertz CT molecular complexity index is 5440. The van der Waals surface area contributed by atoms with Gasteiger partial charge in [0, 0.05) is 127 Å². The van der Waals surface area contributed by atoms with Crippen molar-refractivity contribution in [3.63, 3.8) is 0 Å². The van der Waals surface area contributed by atoms with Gasteiger partial charge in [-0.1, -0.05) is 24.3 Å². The van der Waals surface area contributed by atoms with Crippen LogP contribution in [0, 0.1) is 0 Å². The van der Waals surface area contributed by atoms with Crippen molar-refractivity contribution in [2.45, 2.75) is 180 Å². The maximum absolute atomic E-state index is 14.7. The Balaban J connectivity index is 0.783.